The summed E-state index contributed by atoms with van der Waals surface area (Å²) in [4.78, 5) is 4.43. The minimum atomic E-state index is 0.320. The molecule has 4 heteroatoms. The lowest BCUT2D eigenvalue weighted by Crippen LogP contribution is -2.14. The van der Waals surface area contributed by atoms with Crippen LogP contribution in [0.5, 0.6) is 0 Å². The number of hydrogen-bond donors (Lipinski definition) is 1. The Hall–Kier alpha value is -0.900. The van der Waals surface area contributed by atoms with Crippen LogP contribution in [0.2, 0.25) is 0 Å². The summed E-state index contributed by atoms with van der Waals surface area (Å²) in [6, 6.07) is 0.320. The van der Waals surface area contributed by atoms with Crippen LogP contribution in [0.15, 0.2) is 4.52 Å². The van der Waals surface area contributed by atoms with Crippen molar-refractivity contribution in [2.24, 2.45) is 5.73 Å². The van der Waals surface area contributed by atoms with Gasteiger partial charge in [0.05, 0.1) is 0 Å². The van der Waals surface area contributed by atoms with E-state index in [9.17, 15) is 0 Å². The van der Waals surface area contributed by atoms with Crippen molar-refractivity contribution in [3.63, 3.8) is 0 Å². The summed E-state index contributed by atoms with van der Waals surface area (Å²) in [6.07, 6.45) is 6.39. The molecule has 1 heterocycles. The van der Waals surface area contributed by atoms with Crippen LogP contribution in [0.4, 0.5) is 0 Å². The van der Waals surface area contributed by atoms with Crippen molar-refractivity contribution in [1.82, 2.24) is 10.1 Å². The second kappa shape index (κ2) is 4.75. The van der Waals surface area contributed by atoms with Crippen molar-refractivity contribution in [2.45, 2.75) is 57.4 Å². The van der Waals surface area contributed by atoms with Gasteiger partial charge in [0.15, 0.2) is 5.82 Å². The quantitative estimate of drug-likeness (QED) is 0.823. The van der Waals surface area contributed by atoms with E-state index in [1.807, 2.05) is 0 Å². The molecule has 1 aromatic rings. The second-order valence-electron chi connectivity index (χ2n) is 4.42. The highest BCUT2D eigenvalue weighted by Gasteiger charge is 2.27. The molecule has 0 spiro atoms. The zero-order valence-corrected chi connectivity index (χ0v) is 9.28. The van der Waals surface area contributed by atoms with E-state index in [2.05, 4.69) is 17.1 Å². The molecule has 15 heavy (non-hydrogen) atoms. The Balaban J connectivity index is 1.94. The Morgan fingerprint density at radius 3 is 3.00 bits per heavy atom. The summed E-state index contributed by atoms with van der Waals surface area (Å²) in [7, 11) is 0. The van der Waals surface area contributed by atoms with E-state index in [1.54, 1.807) is 0 Å². The largest absolute Gasteiger partial charge is 0.339 e. The number of unbranched alkanes of at least 4 members (excludes halogenated alkanes) is 1. The number of aryl methyl sites for hydroxylation is 1. The second-order valence-corrected chi connectivity index (χ2v) is 4.42. The summed E-state index contributed by atoms with van der Waals surface area (Å²) in [6.45, 7) is 2.16. The first-order valence-corrected chi connectivity index (χ1v) is 5.87. The van der Waals surface area contributed by atoms with Crippen molar-refractivity contribution in [1.29, 1.82) is 0 Å². The van der Waals surface area contributed by atoms with Gasteiger partial charge in [0.1, 0.15) is 0 Å². The molecule has 0 amide bonds. The SMILES string of the molecule is CCCCc1noc([C@@H]2CC[C@H](N)C2)n1. The maximum absolute atomic E-state index is 5.86. The summed E-state index contributed by atoms with van der Waals surface area (Å²) in [5, 5.41) is 4.00. The fourth-order valence-electron chi connectivity index (χ4n) is 2.11. The van der Waals surface area contributed by atoms with E-state index in [-0.39, 0.29) is 0 Å². The van der Waals surface area contributed by atoms with Crippen LogP contribution in [0, 0.1) is 0 Å². The maximum atomic E-state index is 5.86. The van der Waals surface area contributed by atoms with Crippen LogP contribution >= 0.6 is 0 Å². The molecule has 2 N–H and O–H groups in total. The highest BCUT2D eigenvalue weighted by atomic mass is 16.5. The molecule has 2 rings (SSSR count). The molecule has 0 aromatic carbocycles. The van der Waals surface area contributed by atoms with Gasteiger partial charge in [-0.15, -0.1) is 0 Å². The zero-order chi connectivity index (χ0) is 10.7. The van der Waals surface area contributed by atoms with Gasteiger partial charge >= 0.3 is 0 Å². The lowest BCUT2D eigenvalue weighted by atomic mass is 10.1. The Morgan fingerprint density at radius 1 is 1.47 bits per heavy atom. The average molecular weight is 209 g/mol. The third-order valence-corrected chi connectivity index (χ3v) is 3.06. The molecule has 2 atom stereocenters. The number of rotatable bonds is 4. The normalized spacial score (nSPS) is 26.0. The van der Waals surface area contributed by atoms with Crippen LogP contribution in [-0.2, 0) is 6.42 Å². The Labute approximate surface area is 90.2 Å². The van der Waals surface area contributed by atoms with Gasteiger partial charge in [0, 0.05) is 18.4 Å². The van der Waals surface area contributed by atoms with E-state index in [4.69, 9.17) is 10.3 Å². The fourth-order valence-corrected chi connectivity index (χ4v) is 2.11. The summed E-state index contributed by atoms with van der Waals surface area (Å²) >= 11 is 0. The van der Waals surface area contributed by atoms with Gasteiger partial charge < -0.3 is 10.3 Å². The summed E-state index contributed by atoms with van der Waals surface area (Å²) in [5.41, 5.74) is 5.86. The molecule has 1 aromatic heterocycles. The predicted molar refractivity (Wildman–Crippen MR) is 57.5 cm³/mol. The molecule has 0 radical (unpaired) electrons. The first-order chi connectivity index (χ1) is 7.29. The maximum Gasteiger partial charge on any atom is 0.229 e. The van der Waals surface area contributed by atoms with Crippen molar-refractivity contribution in [3.8, 4) is 0 Å². The average Bonchev–Trinajstić information content (AvgIpc) is 2.83. The fraction of sp³-hybridized carbons (Fsp3) is 0.818. The molecule has 84 valence electrons. The lowest BCUT2D eigenvalue weighted by Gasteiger charge is -2.01. The van der Waals surface area contributed by atoms with E-state index in [1.165, 1.54) is 0 Å². The molecule has 4 nitrogen and oxygen atoms in total. The van der Waals surface area contributed by atoms with Gasteiger partial charge in [0.25, 0.3) is 0 Å². The molecule has 1 aliphatic rings. The lowest BCUT2D eigenvalue weighted by molar-refractivity contribution is 0.349. The van der Waals surface area contributed by atoms with E-state index in [0.717, 1.165) is 50.2 Å². The number of nitrogens with two attached hydrogens (primary N) is 1. The molecule has 1 aliphatic carbocycles. The Morgan fingerprint density at radius 2 is 2.33 bits per heavy atom. The van der Waals surface area contributed by atoms with Gasteiger partial charge in [-0.05, 0) is 25.7 Å². The highest BCUT2D eigenvalue weighted by Crippen LogP contribution is 2.32. The monoisotopic (exact) mass is 209 g/mol. The molecular formula is C11H19N3O. The van der Waals surface area contributed by atoms with Gasteiger partial charge in [-0.1, -0.05) is 18.5 Å². The van der Waals surface area contributed by atoms with Crippen molar-refractivity contribution in [3.05, 3.63) is 11.7 Å². The molecule has 1 fully saturated rings. The number of nitrogens with zero attached hydrogens (tertiary/aromatic N) is 2. The van der Waals surface area contributed by atoms with Gasteiger partial charge in [-0.3, -0.25) is 0 Å². The van der Waals surface area contributed by atoms with Crippen molar-refractivity contribution in [2.75, 3.05) is 0 Å². The van der Waals surface area contributed by atoms with Gasteiger partial charge in [-0.25, -0.2) is 0 Å². The Bertz CT molecular complexity index is 311. The van der Waals surface area contributed by atoms with Crippen LogP contribution < -0.4 is 5.73 Å². The molecular weight excluding hydrogens is 190 g/mol. The van der Waals surface area contributed by atoms with E-state index >= 15 is 0 Å². The van der Waals surface area contributed by atoms with Crippen LogP contribution in [0.3, 0.4) is 0 Å². The topological polar surface area (TPSA) is 64.9 Å². The van der Waals surface area contributed by atoms with Crippen LogP contribution in [-0.4, -0.2) is 16.2 Å². The minimum Gasteiger partial charge on any atom is -0.339 e. The van der Waals surface area contributed by atoms with Crippen LogP contribution in [0.1, 0.15) is 56.7 Å². The standard InChI is InChI=1S/C11H19N3O/c1-2-3-4-10-13-11(15-14-10)8-5-6-9(12)7-8/h8-9H,2-7,12H2,1H3/t8-,9+/m1/s1. The van der Waals surface area contributed by atoms with Crippen molar-refractivity contribution >= 4 is 0 Å². The molecule has 0 bridgehead atoms. The predicted octanol–water partition coefficient (Wildman–Crippen LogP) is 2.01. The van der Waals surface area contributed by atoms with E-state index < -0.39 is 0 Å². The number of hydrogen-bond acceptors (Lipinski definition) is 4. The Kier molecular flexibility index (Phi) is 3.36. The molecule has 0 saturated heterocycles. The van der Waals surface area contributed by atoms with E-state index in [0.29, 0.717) is 12.0 Å². The highest BCUT2D eigenvalue weighted by molar-refractivity contribution is 4.99. The minimum absolute atomic E-state index is 0.320. The summed E-state index contributed by atoms with van der Waals surface area (Å²) in [5.74, 6) is 2.06. The van der Waals surface area contributed by atoms with Gasteiger partial charge in [0.2, 0.25) is 5.89 Å². The summed E-state index contributed by atoms with van der Waals surface area (Å²) < 4.78 is 5.28. The van der Waals surface area contributed by atoms with Gasteiger partial charge in [-0.2, -0.15) is 4.98 Å². The molecule has 1 saturated carbocycles. The third kappa shape index (κ3) is 2.56. The first-order valence-electron chi connectivity index (χ1n) is 5.87. The smallest absolute Gasteiger partial charge is 0.229 e. The zero-order valence-electron chi connectivity index (χ0n) is 9.28. The van der Waals surface area contributed by atoms with Crippen LogP contribution in [0.25, 0.3) is 0 Å². The third-order valence-electron chi connectivity index (χ3n) is 3.06. The molecule has 0 aliphatic heterocycles. The molecule has 0 unspecified atom stereocenters. The number of aromatic nitrogens is 2. The van der Waals surface area contributed by atoms with Crippen molar-refractivity contribution < 1.29 is 4.52 Å². The first kappa shape index (κ1) is 10.6.